The van der Waals surface area contributed by atoms with Crippen LogP contribution in [0.2, 0.25) is 0 Å². The summed E-state index contributed by atoms with van der Waals surface area (Å²) in [5.41, 5.74) is 4.09. The van der Waals surface area contributed by atoms with Crippen molar-refractivity contribution >= 4 is 0 Å². The Labute approximate surface area is 152 Å². The molecule has 2 aromatic carbocycles. The van der Waals surface area contributed by atoms with Crippen LogP contribution >= 0.6 is 0 Å². The zero-order chi connectivity index (χ0) is 17.6. The molecule has 0 fully saturated rings. The van der Waals surface area contributed by atoms with E-state index in [0.717, 1.165) is 22.7 Å². The lowest BCUT2D eigenvalue weighted by Crippen LogP contribution is -2.13. The number of furan rings is 1. The largest absolute Gasteiger partial charge is 0.468 e. The molecule has 0 unspecified atom stereocenters. The quantitative estimate of drug-likeness (QED) is 0.553. The van der Waals surface area contributed by atoms with E-state index < -0.39 is 0 Å². The van der Waals surface area contributed by atoms with Gasteiger partial charge in [0.1, 0.15) is 17.1 Å². The number of nitrogens with zero attached hydrogens (tertiary/aromatic N) is 3. The Balaban J connectivity index is 1.55. The summed E-state index contributed by atoms with van der Waals surface area (Å²) in [5.74, 6) is 0.905. The molecule has 1 N–H and O–H groups in total. The third-order valence-corrected chi connectivity index (χ3v) is 4.11. The van der Waals surface area contributed by atoms with Crippen molar-refractivity contribution in [2.45, 2.75) is 19.6 Å². The summed E-state index contributed by atoms with van der Waals surface area (Å²) in [6, 6.07) is 24.3. The van der Waals surface area contributed by atoms with Gasteiger partial charge in [0.25, 0.3) is 0 Å². The maximum absolute atomic E-state index is 5.37. The predicted octanol–water partition coefficient (Wildman–Crippen LogP) is 3.88. The Morgan fingerprint density at radius 3 is 2.31 bits per heavy atom. The lowest BCUT2D eigenvalue weighted by atomic mass is 10.1. The normalized spacial score (nSPS) is 10.9. The van der Waals surface area contributed by atoms with Gasteiger partial charge < -0.3 is 9.73 Å². The van der Waals surface area contributed by atoms with Gasteiger partial charge in [-0.15, -0.1) is 0 Å². The molecule has 5 nitrogen and oxygen atoms in total. The molecule has 0 amide bonds. The average molecular weight is 344 g/mol. The standard InChI is InChI=1S/C21H20N4O/c1-3-8-17(9-4-1)16-25-23-20(15-22-14-19-12-7-13-26-19)21(24-25)18-10-5-2-6-11-18/h1-13,22H,14-16H2. The Kier molecular flexibility index (Phi) is 4.89. The molecule has 0 aliphatic carbocycles. The molecule has 0 spiro atoms. The Hall–Kier alpha value is -3.18. The van der Waals surface area contributed by atoms with Gasteiger partial charge in [0.2, 0.25) is 0 Å². The summed E-state index contributed by atoms with van der Waals surface area (Å²) in [6.45, 7) is 1.94. The Bertz CT molecular complexity index is 931. The van der Waals surface area contributed by atoms with Crippen molar-refractivity contribution in [3.8, 4) is 11.3 Å². The van der Waals surface area contributed by atoms with Gasteiger partial charge in [-0.2, -0.15) is 15.0 Å². The summed E-state index contributed by atoms with van der Waals surface area (Å²) in [6.07, 6.45) is 1.68. The second-order valence-corrected chi connectivity index (χ2v) is 6.06. The molecule has 5 heteroatoms. The summed E-state index contributed by atoms with van der Waals surface area (Å²) in [4.78, 5) is 1.77. The van der Waals surface area contributed by atoms with Crippen LogP contribution in [0, 0.1) is 0 Å². The lowest BCUT2D eigenvalue weighted by molar-refractivity contribution is 0.480. The van der Waals surface area contributed by atoms with Gasteiger partial charge in [-0.05, 0) is 17.7 Å². The van der Waals surface area contributed by atoms with E-state index in [9.17, 15) is 0 Å². The molecular formula is C21H20N4O. The van der Waals surface area contributed by atoms with Crippen LogP contribution in [0.3, 0.4) is 0 Å². The highest BCUT2D eigenvalue weighted by Gasteiger charge is 2.13. The van der Waals surface area contributed by atoms with E-state index in [1.165, 1.54) is 5.56 Å². The third-order valence-electron chi connectivity index (χ3n) is 4.11. The molecule has 26 heavy (non-hydrogen) atoms. The predicted molar refractivity (Wildman–Crippen MR) is 100 cm³/mol. The molecule has 0 radical (unpaired) electrons. The smallest absolute Gasteiger partial charge is 0.117 e. The molecule has 0 saturated carbocycles. The number of hydrogen-bond donors (Lipinski definition) is 1. The van der Waals surface area contributed by atoms with E-state index >= 15 is 0 Å². The van der Waals surface area contributed by atoms with Crippen molar-refractivity contribution in [2.24, 2.45) is 0 Å². The molecule has 130 valence electrons. The first kappa shape index (κ1) is 16.3. The van der Waals surface area contributed by atoms with Crippen molar-refractivity contribution < 1.29 is 4.42 Å². The molecule has 4 aromatic rings. The summed E-state index contributed by atoms with van der Waals surface area (Å²) < 4.78 is 5.37. The van der Waals surface area contributed by atoms with Crippen molar-refractivity contribution in [1.82, 2.24) is 20.3 Å². The molecule has 0 bridgehead atoms. The monoisotopic (exact) mass is 344 g/mol. The minimum Gasteiger partial charge on any atom is -0.468 e. The van der Waals surface area contributed by atoms with Gasteiger partial charge in [0.15, 0.2) is 0 Å². The number of hydrogen-bond acceptors (Lipinski definition) is 4. The topological polar surface area (TPSA) is 55.9 Å². The number of benzene rings is 2. The minimum absolute atomic E-state index is 0.625. The number of aromatic nitrogens is 3. The van der Waals surface area contributed by atoms with Crippen LogP contribution < -0.4 is 5.32 Å². The van der Waals surface area contributed by atoms with E-state index in [-0.39, 0.29) is 0 Å². The van der Waals surface area contributed by atoms with Crippen molar-refractivity contribution in [1.29, 1.82) is 0 Å². The third kappa shape index (κ3) is 3.90. The van der Waals surface area contributed by atoms with Crippen LogP contribution in [-0.4, -0.2) is 15.0 Å². The van der Waals surface area contributed by atoms with Crippen LogP contribution in [0.5, 0.6) is 0 Å². The van der Waals surface area contributed by atoms with Gasteiger partial charge in [-0.3, -0.25) is 0 Å². The molecule has 0 aliphatic heterocycles. The van der Waals surface area contributed by atoms with E-state index in [4.69, 9.17) is 14.6 Å². The van der Waals surface area contributed by atoms with Crippen molar-refractivity contribution in [3.63, 3.8) is 0 Å². The molecule has 0 saturated heterocycles. The lowest BCUT2D eigenvalue weighted by Gasteiger charge is -2.02. The van der Waals surface area contributed by atoms with Crippen LogP contribution in [0.1, 0.15) is 17.0 Å². The van der Waals surface area contributed by atoms with E-state index in [0.29, 0.717) is 19.6 Å². The van der Waals surface area contributed by atoms with E-state index in [2.05, 4.69) is 29.6 Å². The summed E-state index contributed by atoms with van der Waals surface area (Å²) in [7, 11) is 0. The maximum atomic E-state index is 5.37. The molecule has 2 aromatic heterocycles. The van der Waals surface area contributed by atoms with Crippen LogP contribution in [0.25, 0.3) is 11.3 Å². The number of nitrogens with one attached hydrogen (secondary N) is 1. The van der Waals surface area contributed by atoms with Gasteiger partial charge in [0.05, 0.1) is 19.4 Å². The molecule has 4 rings (SSSR count). The van der Waals surface area contributed by atoms with Crippen LogP contribution in [-0.2, 0) is 19.6 Å². The van der Waals surface area contributed by atoms with Gasteiger partial charge in [0, 0.05) is 12.1 Å². The SMILES string of the molecule is c1ccc(Cn2nc(CNCc3ccco3)c(-c3ccccc3)n2)cc1. The van der Waals surface area contributed by atoms with Gasteiger partial charge in [-0.1, -0.05) is 60.7 Å². The first-order valence-electron chi connectivity index (χ1n) is 8.65. The van der Waals surface area contributed by atoms with E-state index in [1.54, 1.807) is 11.1 Å². The highest BCUT2D eigenvalue weighted by molar-refractivity contribution is 5.60. The second kappa shape index (κ2) is 7.80. The van der Waals surface area contributed by atoms with Crippen molar-refractivity contribution in [3.05, 3.63) is 96.1 Å². The van der Waals surface area contributed by atoms with Crippen LogP contribution in [0.15, 0.2) is 83.5 Å². The Morgan fingerprint density at radius 2 is 1.58 bits per heavy atom. The molecular weight excluding hydrogens is 324 g/mol. The van der Waals surface area contributed by atoms with Gasteiger partial charge >= 0.3 is 0 Å². The molecule has 0 atom stereocenters. The Morgan fingerprint density at radius 1 is 0.808 bits per heavy atom. The summed E-state index contributed by atoms with van der Waals surface area (Å²) in [5, 5.41) is 12.8. The van der Waals surface area contributed by atoms with E-state index in [1.807, 2.05) is 48.5 Å². The van der Waals surface area contributed by atoms with Crippen LogP contribution in [0.4, 0.5) is 0 Å². The first-order chi connectivity index (χ1) is 12.9. The van der Waals surface area contributed by atoms with Crippen molar-refractivity contribution in [2.75, 3.05) is 0 Å². The molecule has 0 aliphatic rings. The zero-order valence-electron chi connectivity index (χ0n) is 14.4. The highest BCUT2D eigenvalue weighted by atomic mass is 16.3. The fraction of sp³-hybridized carbons (Fsp3) is 0.143. The molecule has 2 heterocycles. The number of rotatable bonds is 7. The maximum Gasteiger partial charge on any atom is 0.117 e. The second-order valence-electron chi connectivity index (χ2n) is 6.06. The van der Waals surface area contributed by atoms with Gasteiger partial charge in [-0.25, -0.2) is 0 Å². The first-order valence-corrected chi connectivity index (χ1v) is 8.65. The fourth-order valence-corrected chi connectivity index (χ4v) is 2.86. The minimum atomic E-state index is 0.625. The summed E-state index contributed by atoms with van der Waals surface area (Å²) >= 11 is 0. The zero-order valence-corrected chi connectivity index (χ0v) is 14.4. The average Bonchev–Trinajstić information content (AvgIpc) is 3.34. The fourth-order valence-electron chi connectivity index (χ4n) is 2.86. The highest BCUT2D eigenvalue weighted by Crippen LogP contribution is 2.20.